The Morgan fingerprint density at radius 3 is 2.50 bits per heavy atom. The van der Waals surface area contributed by atoms with E-state index >= 15 is 0 Å². The lowest BCUT2D eigenvalue weighted by atomic mass is 10.2. The van der Waals surface area contributed by atoms with E-state index in [9.17, 15) is 14.0 Å². The van der Waals surface area contributed by atoms with Gasteiger partial charge in [0, 0.05) is 11.4 Å². The van der Waals surface area contributed by atoms with Crippen LogP contribution >= 0.6 is 11.8 Å². The minimum Gasteiger partial charge on any atom is -0.497 e. The van der Waals surface area contributed by atoms with E-state index in [1.54, 1.807) is 37.4 Å². The maximum Gasteiger partial charge on any atom is 0.317 e. The van der Waals surface area contributed by atoms with Crippen LogP contribution in [-0.2, 0) is 20.9 Å². The molecule has 0 saturated heterocycles. The highest BCUT2D eigenvalue weighted by atomic mass is 32.2. The van der Waals surface area contributed by atoms with Crippen molar-refractivity contribution in [1.82, 2.24) is 5.32 Å². The van der Waals surface area contributed by atoms with Gasteiger partial charge in [-0.15, -0.1) is 11.8 Å². The number of amides is 1. The molecule has 7 heteroatoms. The van der Waals surface area contributed by atoms with Crippen LogP contribution in [0.15, 0.2) is 53.4 Å². The molecular formula is C19H20FNO4S. The molecule has 0 spiro atoms. The minimum absolute atomic E-state index is 0.0724. The second-order valence-corrected chi connectivity index (χ2v) is 6.43. The van der Waals surface area contributed by atoms with Gasteiger partial charge in [0.05, 0.1) is 12.9 Å². The molecule has 26 heavy (non-hydrogen) atoms. The molecule has 1 N–H and O–H groups in total. The van der Waals surface area contributed by atoms with Gasteiger partial charge in [-0.25, -0.2) is 4.39 Å². The van der Waals surface area contributed by atoms with E-state index in [1.165, 1.54) is 13.0 Å². The highest BCUT2D eigenvalue weighted by molar-refractivity contribution is 8.00. The van der Waals surface area contributed by atoms with Crippen LogP contribution in [0.4, 0.5) is 4.39 Å². The molecule has 2 aromatic carbocycles. The molecule has 1 atom stereocenters. The van der Waals surface area contributed by atoms with Gasteiger partial charge in [0.2, 0.25) is 0 Å². The number of thioether (sulfide) groups is 1. The van der Waals surface area contributed by atoms with Crippen molar-refractivity contribution in [1.29, 1.82) is 0 Å². The zero-order chi connectivity index (χ0) is 18.9. The molecule has 0 heterocycles. The summed E-state index contributed by atoms with van der Waals surface area (Å²) in [5.41, 5.74) is 0.896. The lowest BCUT2D eigenvalue weighted by Crippen LogP contribution is -2.35. The summed E-state index contributed by atoms with van der Waals surface area (Å²) in [4.78, 5) is 24.2. The SMILES string of the molecule is COc1ccc(CNC(=O)[C@@H](C)OC(=O)CSc2ccccc2F)cc1. The number of esters is 1. The van der Waals surface area contributed by atoms with Crippen LogP contribution in [0.2, 0.25) is 0 Å². The third-order valence-electron chi connectivity index (χ3n) is 3.49. The molecule has 138 valence electrons. The molecule has 0 fully saturated rings. The molecule has 0 bridgehead atoms. The third-order valence-corrected chi connectivity index (χ3v) is 4.51. The average Bonchev–Trinajstić information content (AvgIpc) is 2.65. The number of rotatable bonds is 8. The van der Waals surface area contributed by atoms with E-state index in [4.69, 9.17) is 9.47 Å². The summed E-state index contributed by atoms with van der Waals surface area (Å²) in [6.07, 6.45) is -0.929. The van der Waals surface area contributed by atoms with Gasteiger partial charge in [-0.3, -0.25) is 9.59 Å². The molecule has 1 amide bonds. The van der Waals surface area contributed by atoms with E-state index in [1.807, 2.05) is 12.1 Å². The summed E-state index contributed by atoms with van der Waals surface area (Å²) in [6.45, 7) is 1.81. The Bertz CT molecular complexity index is 751. The Hall–Kier alpha value is -2.54. The van der Waals surface area contributed by atoms with Crippen molar-refractivity contribution in [3.8, 4) is 5.75 Å². The van der Waals surface area contributed by atoms with Crippen molar-refractivity contribution in [3.05, 3.63) is 59.9 Å². The van der Waals surface area contributed by atoms with Crippen molar-refractivity contribution in [3.63, 3.8) is 0 Å². The van der Waals surface area contributed by atoms with Crippen LogP contribution in [0.1, 0.15) is 12.5 Å². The molecule has 5 nitrogen and oxygen atoms in total. The number of hydrogen-bond acceptors (Lipinski definition) is 5. The highest BCUT2D eigenvalue weighted by Gasteiger charge is 2.18. The lowest BCUT2D eigenvalue weighted by Gasteiger charge is -2.13. The number of methoxy groups -OCH3 is 1. The quantitative estimate of drug-likeness (QED) is 0.565. The molecule has 0 aromatic heterocycles. The largest absolute Gasteiger partial charge is 0.497 e. The Morgan fingerprint density at radius 2 is 1.85 bits per heavy atom. The second kappa shape index (κ2) is 9.82. The zero-order valence-corrected chi connectivity index (χ0v) is 15.3. The number of ether oxygens (including phenoxy) is 2. The smallest absolute Gasteiger partial charge is 0.317 e. The summed E-state index contributed by atoms with van der Waals surface area (Å²) in [5, 5.41) is 2.70. The first-order valence-corrected chi connectivity index (χ1v) is 8.95. The van der Waals surface area contributed by atoms with Gasteiger partial charge >= 0.3 is 5.97 Å². The van der Waals surface area contributed by atoms with Gasteiger partial charge in [-0.2, -0.15) is 0 Å². The van der Waals surface area contributed by atoms with Crippen LogP contribution in [0.3, 0.4) is 0 Å². The van der Waals surface area contributed by atoms with E-state index < -0.39 is 23.8 Å². The third kappa shape index (κ3) is 6.07. The predicted molar refractivity (Wildman–Crippen MR) is 97.5 cm³/mol. The molecule has 0 saturated carbocycles. The summed E-state index contributed by atoms with van der Waals surface area (Å²) >= 11 is 1.03. The zero-order valence-electron chi connectivity index (χ0n) is 14.5. The molecular weight excluding hydrogens is 357 g/mol. The Labute approximate surface area is 155 Å². The number of carbonyl (C=O) groups excluding carboxylic acids is 2. The highest BCUT2D eigenvalue weighted by Crippen LogP contribution is 2.21. The molecule has 2 aromatic rings. The summed E-state index contributed by atoms with van der Waals surface area (Å²) in [5.74, 6) is -0.711. The van der Waals surface area contributed by atoms with Gasteiger partial charge in [0.15, 0.2) is 6.10 Å². The Balaban J connectivity index is 1.75. The fourth-order valence-corrected chi connectivity index (χ4v) is 2.78. The van der Waals surface area contributed by atoms with Crippen LogP contribution in [0, 0.1) is 5.82 Å². The monoisotopic (exact) mass is 377 g/mol. The molecule has 0 radical (unpaired) electrons. The number of hydrogen-bond donors (Lipinski definition) is 1. The van der Waals surface area contributed by atoms with Crippen molar-refractivity contribution in [2.24, 2.45) is 0 Å². The number of carbonyl (C=O) groups is 2. The van der Waals surface area contributed by atoms with Crippen molar-refractivity contribution in [2.75, 3.05) is 12.9 Å². The standard InChI is InChI=1S/C19H20FNO4S/c1-13(19(23)21-11-14-7-9-15(24-2)10-8-14)25-18(22)12-26-17-6-4-3-5-16(17)20/h3-10,13H,11-12H2,1-2H3,(H,21,23)/t13-/m1/s1. The Morgan fingerprint density at radius 1 is 1.15 bits per heavy atom. The van der Waals surface area contributed by atoms with Crippen LogP contribution in [0.25, 0.3) is 0 Å². The first kappa shape index (κ1) is 19.8. The van der Waals surface area contributed by atoms with Crippen molar-refractivity contribution in [2.45, 2.75) is 24.5 Å². The van der Waals surface area contributed by atoms with Crippen molar-refractivity contribution < 1.29 is 23.5 Å². The summed E-state index contributed by atoms with van der Waals surface area (Å²) < 4.78 is 23.6. The van der Waals surface area contributed by atoms with E-state index in [0.717, 1.165) is 23.1 Å². The van der Waals surface area contributed by atoms with Gasteiger partial charge in [-0.05, 0) is 36.8 Å². The lowest BCUT2D eigenvalue weighted by molar-refractivity contribution is -0.152. The molecule has 0 aliphatic carbocycles. The summed E-state index contributed by atoms with van der Waals surface area (Å²) in [7, 11) is 1.58. The fraction of sp³-hybridized carbons (Fsp3) is 0.263. The summed E-state index contributed by atoms with van der Waals surface area (Å²) in [6, 6.07) is 13.4. The van der Waals surface area contributed by atoms with Crippen LogP contribution in [0.5, 0.6) is 5.75 Å². The van der Waals surface area contributed by atoms with Gasteiger partial charge in [0.25, 0.3) is 5.91 Å². The molecule has 2 rings (SSSR count). The van der Waals surface area contributed by atoms with Crippen LogP contribution in [-0.4, -0.2) is 30.8 Å². The normalized spacial score (nSPS) is 11.5. The van der Waals surface area contributed by atoms with E-state index in [-0.39, 0.29) is 5.75 Å². The second-order valence-electron chi connectivity index (χ2n) is 5.42. The van der Waals surface area contributed by atoms with E-state index in [2.05, 4.69) is 5.32 Å². The molecule has 0 aliphatic rings. The predicted octanol–water partition coefficient (Wildman–Crippen LogP) is 3.17. The van der Waals surface area contributed by atoms with Crippen LogP contribution < -0.4 is 10.1 Å². The van der Waals surface area contributed by atoms with Gasteiger partial charge < -0.3 is 14.8 Å². The number of benzene rings is 2. The van der Waals surface area contributed by atoms with E-state index in [0.29, 0.717) is 11.4 Å². The fourth-order valence-electron chi connectivity index (χ4n) is 2.06. The van der Waals surface area contributed by atoms with Gasteiger partial charge in [-0.1, -0.05) is 24.3 Å². The first-order chi connectivity index (χ1) is 12.5. The van der Waals surface area contributed by atoms with Gasteiger partial charge in [0.1, 0.15) is 11.6 Å². The maximum atomic E-state index is 13.5. The maximum absolute atomic E-state index is 13.5. The number of nitrogens with one attached hydrogen (secondary N) is 1. The topological polar surface area (TPSA) is 64.6 Å². The molecule has 0 aliphatic heterocycles. The Kier molecular flexibility index (Phi) is 7.47. The average molecular weight is 377 g/mol. The number of halogens is 1. The minimum atomic E-state index is -0.929. The first-order valence-electron chi connectivity index (χ1n) is 7.97. The van der Waals surface area contributed by atoms with Crippen molar-refractivity contribution >= 4 is 23.6 Å². The molecule has 0 unspecified atom stereocenters.